The second-order valence-corrected chi connectivity index (χ2v) is 9.66. The number of carbonyl (C=O) groups excluding carboxylic acids is 4. The number of methoxy groups -OCH3 is 1. The largest absolute Gasteiger partial charge is 0.466 e. The third-order valence-corrected chi connectivity index (χ3v) is 7.03. The minimum atomic E-state index is -2.42. The Balaban J connectivity index is 1.52. The summed E-state index contributed by atoms with van der Waals surface area (Å²) in [6.07, 6.45) is 0. The Morgan fingerprint density at radius 2 is 1.38 bits per heavy atom. The van der Waals surface area contributed by atoms with E-state index in [4.69, 9.17) is 18.9 Å². The average Bonchev–Trinajstić information content (AvgIpc) is 3.27. The number of dihydropyridines is 1. The van der Waals surface area contributed by atoms with Crippen LogP contribution in [0.2, 0.25) is 0 Å². The van der Waals surface area contributed by atoms with E-state index in [1.54, 1.807) is 24.3 Å². The number of nitrogens with one attached hydrogen (secondary N) is 1. The lowest BCUT2D eigenvalue weighted by Gasteiger charge is -2.31. The van der Waals surface area contributed by atoms with Gasteiger partial charge < -0.3 is 24.3 Å². The zero-order valence-corrected chi connectivity index (χ0v) is 24.2. The standard InChI is InChI=1S/C30H27F5N2O8/c1-4-45-30(41)19-17(13-44-12-11-43-10-9-37-27(38)15-7-5-6-8-16(15)28(37)39)36-14(2)18(29(40)42-3)20(19)21-22(31)24(33)26(35)25(34)23(21)32/h5-8,20,36H,4,9-13H2,1-3H3. The maximum Gasteiger partial charge on any atom is 0.336 e. The van der Waals surface area contributed by atoms with E-state index in [-0.39, 0.29) is 44.4 Å². The molecular formula is C30H27F5N2O8. The van der Waals surface area contributed by atoms with Gasteiger partial charge in [0.1, 0.15) is 0 Å². The van der Waals surface area contributed by atoms with E-state index in [0.29, 0.717) is 11.1 Å². The number of fused-ring (bicyclic) bond motifs is 1. The van der Waals surface area contributed by atoms with Crippen LogP contribution in [-0.2, 0) is 28.5 Å². The lowest BCUT2D eigenvalue weighted by Crippen LogP contribution is -2.36. The minimum absolute atomic E-state index is 0.0312. The molecule has 0 fully saturated rings. The molecule has 45 heavy (non-hydrogen) atoms. The van der Waals surface area contributed by atoms with Crippen molar-refractivity contribution in [1.82, 2.24) is 10.2 Å². The van der Waals surface area contributed by atoms with E-state index in [0.717, 1.165) is 12.0 Å². The van der Waals surface area contributed by atoms with Gasteiger partial charge in [0.25, 0.3) is 11.8 Å². The summed E-state index contributed by atoms with van der Waals surface area (Å²) in [5.41, 5.74) is -2.40. The highest BCUT2D eigenvalue weighted by Crippen LogP contribution is 2.43. The number of benzene rings is 2. The number of rotatable bonds is 12. The van der Waals surface area contributed by atoms with Crippen molar-refractivity contribution in [2.45, 2.75) is 19.8 Å². The van der Waals surface area contributed by atoms with Gasteiger partial charge in [-0.15, -0.1) is 0 Å². The van der Waals surface area contributed by atoms with Crippen LogP contribution in [0.15, 0.2) is 46.8 Å². The van der Waals surface area contributed by atoms with E-state index in [1.165, 1.54) is 13.8 Å². The van der Waals surface area contributed by atoms with Crippen molar-refractivity contribution < 1.29 is 60.1 Å². The fourth-order valence-corrected chi connectivity index (χ4v) is 5.00. The molecule has 240 valence electrons. The minimum Gasteiger partial charge on any atom is -0.466 e. The fraction of sp³-hybridized carbons (Fsp3) is 0.333. The number of ether oxygens (including phenoxy) is 4. The first kappa shape index (κ1) is 33.3. The molecule has 1 atom stereocenters. The van der Waals surface area contributed by atoms with Crippen molar-refractivity contribution in [3.05, 3.63) is 92.6 Å². The smallest absolute Gasteiger partial charge is 0.336 e. The SMILES string of the molecule is CCOC(=O)C1=C(COCCOCCN2C(=O)c3ccccc3C2=O)NC(C)=C(C(=O)OC)C1c1c(F)c(F)c(F)c(F)c1F. The summed E-state index contributed by atoms with van der Waals surface area (Å²) in [6, 6.07) is 6.38. The topological polar surface area (TPSA) is 120 Å². The van der Waals surface area contributed by atoms with Crippen molar-refractivity contribution in [2.24, 2.45) is 0 Å². The van der Waals surface area contributed by atoms with Crippen molar-refractivity contribution in [1.29, 1.82) is 0 Å². The molecule has 0 aromatic heterocycles. The van der Waals surface area contributed by atoms with E-state index in [2.05, 4.69) is 5.32 Å². The van der Waals surface area contributed by atoms with Crippen LogP contribution in [0, 0.1) is 29.1 Å². The molecule has 1 N–H and O–H groups in total. The van der Waals surface area contributed by atoms with Gasteiger partial charge in [0.15, 0.2) is 23.3 Å². The van der Waals surface area contributed by atoms with Crippen LogP contribution in [-0.4, -0.2) is 75.3 Å². The number of halogens is 5. The number of hydrogen-bond acceptors (Lipinski definition) is 9. The van der Waals surface area contributed by atoms with Gasteiger partial charge in [-0.3, -0.25) is 14.5 Å². The molecule has 10 nitrogen and oxygen atoms in total. The third kappa shape index (κ3) is 6.31. The molecule has 15 heteroatoms. The van der Waals surface area contributed by atoms with Gasteiger partial charge in [0.05, 0.1) is 80.6 Å². The summed E-state index contributed by atoms with van der Waals surface area (Å²) in [7, 11) is 0.930. The molecular weight excluding hydrogens is 611 g/mol. The number of hydrogen-bond donors (Lipinski definition) is 1. The van der Waals surface area contributed by atoms with E-state index in [1.807, 2.05) is 0 Å². The molecule has 2 aliphatic rings. The van der Waals surface area contributed by atoms with Crippen LogP contribution in [0.3, 0.4) is 0 Å². The zero-order chi connectivity index (χ0) is 33.0. The molecule has 0 aliphatic carbocycles. The Morgan fingerprint density at radius 3 is 1.93 bits per heavy atom. The van der Waals surface area contributed by atoms with Crippen LogP contribution in [0.5, 0.6) is 0 Å². The Morgan fingerprint density at radius 1 is 0.822 bits per heavy atom. The Labute approximate surface area is 253 Å². The van der Waals surface area contributed by atoms with E-state index < -0.39 is 82.1 Å². The summed E-state index contributed by atoms with van der Waals surface area (Å²) >= 11 is 0. The van der Waals surface area contributed by atoms with Crippen molar-refractivity contribution in [3.63, 3.8) is 0 Å². The highest BCUT2D eigenvalue weighted by Gasteiger charge is 2.44. The monoisotopic (exact) mass is 638 g/mol. The first-order chi connectivity index (χ1) is 21.5. The number of imide groups is 1. The molecule has 4 rings (SSSR count). The Bertz CT molecular complexity index is 1560. The second-order valence-electron chi connectivity index (χ2n) is 9.66. The quantitative estimate of drug-likeness (QED) is 0.0928. The summed E-state index contributed by atoms with van der Waals surface area (Å²) in [6.45, 7) is 1.71. The summed E-state index contributed by atoms with van der Waals surface area (Å²) in [4.78, 5) is 51.8. The third-order valence-electron chi connectivity index (χ3n) is 7.03. The van der Waals surface area contributed by atoms with Gasteiger partial charge in [0.2, 0.25) is 5.82 Å². The van der Waals surface area contributed by atoms with Gasteiger partial charge >= 0.3 is 11.9 Å². The van der Waals surface area contributed by atoms with Gasteiger partial charge in [-0.1, -0.05) is 12.1 Å². The number of allylic oxidation sites excluding steroid dienone is 1. The number of esters is 2. The van der Waals surface area contributed by atoms with Crippen LogP contribution < -0.4 is 5.32 Å². The van der Waals surface area contributed by atoms with Gasteiger partial charge in [-0.2, -0.15) is 0 Å². The number of nitrogens with zero attached hydrogens (tertiary/aromatic N) is 1. The van der Waals surface area contributed by atoms with Gasteiger partial charge in [-0.25, -0.2) is 31.5 Å². The second kappa shape index (κ2) is 14.0. The van der Waals surface area contributed by atoms with Crippen molar-refractivity contribution in [3.8, 4) is 0 Å². The van der Waals surface area contributed by atoms with E-state index >= 15 is 8.78 Å². The summed E-state index contributed by atoms with van der Waals surface area (Å²) in [5.74, 6) is -16.9. The molecule has 2 amide bonds. The number of carbonyl (C=O) groups is 4. The van der Waals surface area contributed by atoms with Crippen LogP contribution in [0.4, 0.5) is 22.0 Å². The molecule has 2 aromatic rings. The molecule has 2 heterocycles. The Hall–Kier alpha value is -4.63. The normalized spacial score (nSPS) is 16.3. The van der Waals surface area contributed by atoms with Gasteiger partial charge in [0, 0.05) is 11.3 Å². The first-order valence-corrected chi connectivity index (χ1v) is 13.5. The first-order valence-electron chi connectivity index (χ1n) is 13.5. The predicted octanol–water partition coefficient (Wildman–Crippen LogP) is 3.66. The summed E-state index contributed by atoms with van der Waals surface area (Å²) in [5, 5.41) is 2.71. The average molecular weight is 639 g/mol. The number of amides is 2. The molecule has 0 bridgehead atoms. The lowest BCUT2D eigenvalue weighted by molar-refractivity contribution is -0.139. The van der Waals surface area contributed by atoms with E-state index in [9.17, 15) is 32.3 Å². The molecule has 1 unspecified atom stereocenters. The molecule has 2 aliphatic heterocycles. The molecule has 0 spiro atoms. The lowest BCUT2D eigenvalue weighted by atomic mass is 9.79. The predicted molar refractivity (Wildman–Crippen MR) is 144 cm³/mol. The Kier molecular flexibility index (Phi) is 10.3. The maximum atomic E-state index is 15.1. The van der Waals surface area contributed by atoms with Crippen molar-refractivity contribution in [2.75, 3.05) is 46.7 Å². The zero-order valence-electron chi connectivity index (χ0n) is 24.2. The molecule has 0 saturated heterocycles. The fourth-order valence-electron chi connectivity index (χ4n) is 5.00. The molecule has 0 saturated carbocycles. The highest BCUT2D eigenvalue weighted by molar-refractivity contribution is 6.21. The van der Waals surface area contributed by atoms with Crippen LogP contribution in [0.1, 0.15) is 46.0 Å². The van der Waals surface area contributed by atoms with Crippen molar-refractivity contribution >= 4 is 23.8 Å². The van der Waals surface area contributed by atoms with Gasteiger partial charge in [-0.05, 0) is 26.0 Å². The van der Waals surface area contributed by atoms with Crippen LogP contribution in [0.25, 0.3) is 0 Å². The van der Waals surface area contributed by atoms with Crippen LogP contribution >= 0.6 is 0 Å². The molecule has 2 aromatic carbocycles. The maximum absolute atomic E-state index is 15.1. The summed E-state index contributed by atoms with van der Waals surface area (Å²) < 4.78 is 93.3. The highest BCUT2D eigenvalue weighted by atomic mass is 19.2. The molecule has 0 radical (unpaired) electrons.